The third-order valence-corrected chi connectivity index (χ3v) is 5.06. The molecule has 2 fully saturated rings. The molecule has 1 N–H and O–H groups in total. The van der Waals surface area contributed by atoms with Crippen LogP contribution in [0.1, 0.15) is 49.0 Å². The van der Waals surface area contributed by atoms with Crippen LogP contribution in [0.15, 0.2) is 18.2 Å². The Hall–Kier alpha value is -2.11. The van der Waals surface area contributed by atoms with Gasteiger partial charge in [0.05, 0.1) is 0 Å². The molecule has 24 heavy (non-hydrogen) atoms. The van der Waals surface area contributed by atoms with Crippen LogP contribution in [0, 0.1) is 5.92 Å². The molecule has 0 spiro atoms. The summed E-state index contributed by atoms with van der Waals surface area (Å²) in [5.41, 5.74) is 0.0610. The van der Waals surface area contributed by atoms with Gasteiger partial charge in [0.25, 0.3) is 0 Å². The fourth-order valence-corrected chi connectivity index (χ4v) is 3.70. The Morgan fingerprint density at radius 3 is 2.62 bits per heavy atom. The summed E-state index contributed by atoms with van der Waals surface area (Å²) < 4.78 is 0. The second kappa shape index (κ2) is 7.64. The molecule has 1 aromatic heterocycles. The first-order valence-electron chi connectivity index (χ1n) is 8.86. The molecule has 2 aliphatic rings. The fraction of sp³-hybridized carbons (Fsp3) is 0.611. The zero-order chi connectivity index (χ0) is 16.9. The van der Waals surface area contributed by atoms with E-state index in [0.717, 1.165) is 19.5 Å². The average Bonchev–Trinajstić information content (AvgIpc) is 2.96. The third-order valence-electron chi connectivity index (χ3n) is 5.06. The second-order valence-electron chi connectivity index (χ2n) is 6.76. The van der Waals surface area contributed by atoms with Crippen molar-refractivity contribution in [2.45, 2.75) is 38.5 Å². The summed E-state index contributed by atoms with van der Waals surface area (Å²) in [5.74, 6) is 0.516. The van der Waals surface area contributed by atoms with E-state index in [1.165, 1.54) is 31.7 Å². The summed E-state index contributed by atoms with van der Waals surface area (Å²) in [6, 6.07) is 5.06. The van der Waals surface area contributed by atoms with Crippen molar-refractivity contribution in [2.24, 2.45) is 5.92 Å². The van der Waals surface area contributed by atoms with Crippen LogP contribution in [-0.4, -0.2) is 53.0 Å². The Labute approximate surface area is 142 Å². The third kappa shape index (κ3) is 4.04. The van der Waals surface area contributed by atoms with E-state index in [1.807, 2.05) is 11.0 Å². The van der Waals surface area contributed by atoms with Gasteiger partial charge in [0.1, 0.15) is 5.82 Å². The van der Waals surface area contributed by atoms with Crippen LogP contribution >= 0.6 is 0 Å². The Balaban J connectivity index is 1.59. The van der Waals surface area contributed by atoms with Crippen LogP contribution in [0.25, 0.3) is 0 Å². The number of nitrogens with zero attached hydrogens (tertiary/aromatic N) is 3. The topological polar surface area (TPSA) is 73.7 Å². The highest BCUT2D eigenvalue weighted by Gasteiger charge is 2.24. The van der Waals surface area contributed by atoms with E-state index in [9.17, 15) is 9.59 Å². The Bertz CT molecular complexity index is 599. The molecule has 3 rings (SSSR count). The van der Waals surface area contributed by atoms with Crippen LogP contribution in [0.4, 0.5) is 5.82 Å². The van der Waals surface area contributed by atoms with Gasteiger partial charge in [-0.3, -0.25) is 4.79 Å². The summed E-state index contributed by atoms with van der Waals surface area (Å²) in [5, 5.41) is 9.08. The lowest BCUT2D eigenvalue weighted by Gasteiger charge is -2.24. The second-order valence-corrected chi connectivity index (χ2v) is 6.76. The fourth-order valence-electron chi connectivity index (χ4n) is 3.70. The lowest BCUT2D eigenvalue weighted by Crippen LogP contribution is -2.36. The maximum atomic E-state index is 12.5. The molecule has 1 saturated carbocycles. The highest BCUT2D eigenvalue weighted by molar-refractivity contribution is 5.85. The average molecular weight is 331 g/mol. The van der Waals surface area contributed by atoms with E-state index in [1.54, 1.807) is 6.07 Å². The molecule has 1 aliphatic carbocycles. The molecule has 2 heterocycles. The van der Waals surface area contributed by atoms with Crippen LogP contribution < -0.4 is 4.90 Å². The van der Waals surface area contributed by atoms with Gasteiger partial charge in [-0.2, -0.15) is 0 Å². The molecule has 1 aromatic rings. The van der Waals surface area contributed by atoms with Gasteiger partial charge in [-0.05, 0) is 37.3 Å². The highest BCUT2D eigenvalue weighted by Crippen LogP contribution is 2.28. The number of aromatic carboxylic acids is 1. The predicted molar refractivity (Wildman–Crippen MR) is 91.2 cm³/mol. The van der Waals surface area contributed by atoms with Crippen molar-refractivity contribution in [1.82, 2.24) is 9.88 Å². The van der Waals surface area contributed by atoms with E-state index in [2.05, 4.69) is 9.88 Å². The number of carboxylic acid groups (broad SMARTS) is 1. The number of pyridine rings is 1. The van der Waals surface area contributed by atoms with Crippen LogP contribution in [0.2, 0.25) is 0 Å². The van der Waals surface area contributed by atoms with Crippen molar-refractivity contribution in [3.63, 3.8) is 0 Å². The molecule has 0 bridgehead atoms. The van der Waals surface area contributed by atoms with Crippen LogP contribution in [-0.2, 0) is 4.79 Å². The number of hydrogen-bond acceptors (Lipinski definition) is 4. The van der Waals surface area contributed by atoms with Crippen LogP contribution in [0.5, 0.6) is 0 Å². The molecule has 0 atom stereocenters. The maximum Gasteiger partial charge on any atom is 0.354 e. The molecular weight excluding hydrogens is 306 g/mol. The summed E-state index contributed by atoms with van der Waals surface area (Å²) in [4.78, 5) is 31.8. The monoisotopic (exact) mass is 331 g/mol. The minimum Gasteiger partial charge on any atom is -0.477 e. The van der Waals surface area contributed by atoms with Crippen molar-refractivity contribution >= 4 is 17.7 Å². The summed E-state index contributed by atoms with van der Waals surface area (Å²) in [6.45, 7) is 2.96. The smallest absolute Gasteiger partial charge is 0.354 e. The predicted octanol–water partition coefficient (Wildman–Crippen LogP) is 2.40. The van der Waals surface area contributed by atoms with E-state index in [-0.39, 0.29) is 11.6 Å². The first kappa shape index (κ1) is 16.7. The van der Waals surface area contributed by atoms with Crippen LogP contribution in [0.3, 0.4) is 0 Å². The number of aromatic nitrogens is 1. The number of carboxylic acids is 1. The molecule has 130 valence electrons. The molecule has 0 radical (unpaired) electrons. The molecule has 1 aliphatic heterocycles. The van der Waals surface area contributed by atoms with Crippen molar-refractivity contribution in [3.8, 4) is 0 Å². The summed E-state index contributed by atoms with van der Waals surface area (Å²) in [6.07, 6.45) is 6.48. The minimum absolute atomic E-state index is 0.0610. The van der Waals surface area contributed by atoms with Gasteiger partial charge < -0.3 is 14.9 Å². The van der Waals surface area contributed by atoms with Gasteiger partial charge in [-0.1, -0.05) is 18.9 Å². The summed E-state index contributed by atoms with van der Waals surface area (Å²) in [7, 11) is 0. The zero-order valence-corrected chi connectivity index (χ0v) is 14.0. The quantitative estimate of drug-likeness (QED) is 0.917. The number of rotatable bonds is 4. The Morgan fingerprint density at radius 1 is 1.08 bits per heavy atom. The van der Waals surface area contributed by atoms with Crippen molar-refractivity contribution in [2.75, 3.05) is 31.1 Å². The van der Waals surface area contributed by atoms with Gasteiger partial charge in [-0.15, -0.1) is 0 Å². The van der Waals surface area contributed by atoms with Gasteiger partial charge in [0.2, 0.25) is 5.91 Å². The van der Waals surface area contributed by atoms with Crippen molar-refractivity contribution in [1.29, 1.82) is 0 Å². The molecule has 1 amide bonds. The number of amides is 1. The Kier molecular flexibility index (Phi) is 5.33. The number of carbonyl (C=O) groups is 2. The zero-order valence-electron chi connectivity index (χ0n) is 14.0. The molecule has 0 unspecified atom stereocenters. The van der Waals surface area contributed by atoms with Crippen molar-refractivity contribution < 1.29 is 14.7 Å². The Morgan fingerprint density at radius 2 is 1.88 bits per heavy atom. The van der Waals surface area contributed by atoms with E-state index < -0.39 is 5.97 Å². The molecular formula is C18H25N3O3. The molecule has 6 heteroatoms. The standard InChI is InChI=1S/C18H25N3O3/c22-17(13-14-5-1-2-6-14)21-10-4-9-20(11-12-21)16-8-3-7-15(19-16)18(23)24/h3,7-8,14H,1-2,4-6,9-13H2,(H,23,24). The van der Waals surface area contributed by atoms with E-state index >= 15 is 0 Å². The molecule has 6 nitrogen and oxygen atoms in total. The normalized spacial score (nSPS) is 19.3. The van der Waals surface area contributed by atoms with Gasteiger partial charge in [0, 0.05) is 32.6 Å². The number of carbonyl (C=O) groups excluding carboxylic acids is 1. The van der Waals surface area contributed by atoms with E-state index in [4.69, 9.17) is 5.11 Å². The van der Waals surface area contributed by atoms with Gasteiger partial charge in [0.15, 0.2) is 5.69 Å². The maximum absolute atomic E-state index is 12.5. The first-order valence-corrected chi connectivity index (χ1v) is 8.86. The molecule has 1 saturated heterocycles. The lowest BCUT2D eigenvalue weighted by atomic mass is 10.0. The lowest BCUT2D eigenvalue weighted by molar-refractivity contribution is -0.131. The SMILES string of the molecule is O=C(O)c1cccc(N2CCCN(C(=O)CC3CCCC3)CC2)n1. The molecule has 0 aromatic carbocycles. The minimum atomic E-state index is -1.01. The van der Waals surface area contributed by atoms with Gasteiger partial charge in [-0.25, -0.2) is 9.78 Å². The largest absolute Gasteiger partial charge is 0.477 e. The number of hydrogen-bond donors (Lipinski definition) is 1. The summed E-state index contributed by atoms with van der Waals surface area (Å²) >= 11 is 0. The van der Waals surface area contributed by atoms with E-state index in [0.29, 0.717) is 31.2 Å². The highest BCUT2D eigenvalue weighted by atomic mass is 16.4. The number of anilines is 1. The first-order chi connectivity index (χ1) is 11.6. The van der Waals surface area contributed by atoms with Crippen molar-refractivity contribution in [3.05, 3.63) is 23.9 Å². The van der Waals surface area contributed by atoms with Gasteiger partial charge >= 0.3 is 5.97 Å².